The topological polar surface area (TPSA) is 93.2 Å². The van der Waals surface area contributed by atoms with Crippen LogP contribution in [0.5, 0.6) is 0 Å². The highest BCUT2D eigenvalue weighted by Crippen LogP contribution is 2.15. The van der Waals surface area contributed by atoms with Gasteiger partial charge in [0.05, 0.1) is 18.4 Å². The molecule has 0 saturated heterocycles. The van der Waals surface area contributed by atoms with E-state index in [4.69, 9.17) is 10.3 Å². The molecule has 2 aromatic rings. The second kappa shape index (κ2) is 6.21. The van der Waals surface area contributed by atoms with Crippen LogP contribution in [0, 0.1) is 6.92 Å². The molecule has 6 nitrogen and oxygen atoms in total. The van der Waals surface area contributed by atoms with Gasteiger partial charge in [0.2, 0.25) is 5.89 Å². The second-order valence-corrected chi connectivity index (χ2v) is 4.43. The Kier molecular flexibility index (Phi) is 4.37. The lowest BCUT2D eigenvalue weighted by Crippen LogP contribution is -2.23. The number of nitrogens with two attached hydrogens (primary N) is 1. The summed E-state index contributed by atoms with van der Waals surface area (Å²) in [4.78, 5) is 16.1. The molecule has 1 amide bonds. The summed E-state index contributed by atoms with van der Waals surface area (Å²) in [6, 6.07) is 5.26. The van der Waals surface area contributed by atoms with E-state index < -0.39 is 0 Å². The smallest absolute Gasteiger partial charge is 0.251 e. The van der Waals surface area contributed by atoms with Crippen molar-refractivity contribution >= 4 is 11.6 Å². The number of nitrogens with one attached hydrogen (secondary N) is 2. The van der Waals surface area contributed by atoms with Crippen molar-refractivity contribution in [2.75, 3.05) is 5.43 Å². The van der Waals surface area contributed by atoms with Crippen molar-refractivity contribution in [1.29, 1.82) is 0 Å². The summed E-state index contributed by atoms with van der Waals surface area (Å²) in [5.41, 5.74) is 4.85. The summed E-state index contributed by atoms with van der Waals surface area (Å²) in [7, 11) is 0. The minimum atomic E-state index is -0.173. The molecule has 0 fully saturated rings. The van der Waals surface area contributed by atoms with Gasteiger partial charge in [-0.25, -0.2) is 4.98 Å². The van der Waals surface area contributed by atoms with Crippen LogP contribution >= 0.6 is 0 Å². The SMILES string of the molecule is CCc1cnc(CNC(=O)c2ccc(NN)c(C)c2)o1. The fourth-order valence-electron chi connectivity index (χ4n) is 1.82. The molecule has 0 bridgehead atoms. The summed E-state index contributed by atoms with van der Waals surface area (Å²) < 4.78 is 5.43. The van der Waals surface area contributed by atoms with Gasteiger partial charge >= 0.3 is 0 Å². The van der Waals surface area contributed by atoms with Crippen molar-refractivity contribution in [3.8, 4) is 0 Å². The van der Waals surface area contributed by atoms with E-state index in [1.165, 1.54) is 0 Å². The summed E-state index contributed by atoms with van der Waals surface area (Å²) in [5.74, 6) is 6.50. The van der Waals surface area contributed by atoms with Gasteiger partial charge in [0.25, 0.3) is 5.91 Å². The highest BCUT2D eigenvalue weighted by Gasteiger charge is 2.09. The number of anilines is 1. The van der Waals surface area contributed by atoms with Crippen molar-refractivity contribution in [3.05, 3.63) is 47.2 Å². The molecule has 1 aromatic heterocycles. The Morgan fingerprint density at radius 1 is 1.45 bits per heavy atom. The first-order chi connectivity index (χ1) is 9.63. The van der Waals surface area contributed by atoms with Crippen molar-refractivity contribution in [2.45, 2.75) is 26.8 Å². The Balaban J connectivity index is 1.99. The van der Waals surface area contributed by atoms with Gasteiger partial charge in [0, 0.05) is 12.0 Å². The van der Waals surface area contributed by atoms with E-state index >= 15 is 0 Å². The lowest BCUT2D eigenvalue weighted by Gasteiger charge is -2.07. The number of oxazole rings is 1. The number of hydrogen-bond acceptors (Lipinski definition) is 5. The number of hydrazine groups is 1. The Morgan fingerprint density at radius 3 is 2.85 bits per heavy atom. The maximum absolute atomic E-state index is 12.0. The van der Waals surface area contributed by atoms with Gasteiger partial charge in [-0.3, -0.25) is 10.6 Å². The minimum absolute atomic E-state index is 0.173. The molecule has 0 saturated carbocycles. The van der Waals surface area contributed by atoms with Gasteiger partial charge in [-0.1, -0.05) is 6.92 Å². The minimum Gasteiger partial charge on any atom is -0.444 e. The fraction of sp³-hybridized carbons (Fsp3) is 0.286. The molecule has 0 atom stereocenters. The maximum Gasteiger partial charge on any atom is 0.251 e. The fourth-order valence-corrected chi connectivity index (χ4v) is 1.82. The number of benzene rings is 1. The van der Waals surface area contributed by atoms with Crippen LogP contribution in [0.4, 0.5) is 5.69 Å². The highest BCUT2D eigenvalue weighted by atomic mass is 16.4. The second-order valence-electron chi connectivity index (χ2n) is 4.43. The Hall–Kier alpha value is -2.34. The summed E-state index contributed by atoms with van der Waals surface area (Å²) in [6.45, 7) is 4.14. The predicted molar refractivity (Wildman–Crippen MR) is 76.0 cm³/mol. The standard InChI is InChI=1S/C14H18N4O2/c1-3-11-7-16-13(20-11)8-17-14(19)10-4-5-12(18-15)9(2)6-10/h4-7,18H,3,8,15H2,1-2H3,(H,17,19). The number of rotatable bonds is 5. The zero-order valence-electron chi connectivity index (χ0n) is 11.6. The van der Waals surface area contributed by atoms with E-state index in [1.54, 1.807) is 24.4 Å². The summed E-state index contributed by atoms with van der Waals surface area (Å²) in [5, 5.41) is 2.77. The van der Waals surface area contributed by atoms with Crippen LogP contribution in [0.1, 0.15) is 34.5 Å². The quantitative estimate of drug-likeness (QED) is 0.570. The first-order valence-electron chi connectivity index (χ1n) is 6.43. The van der Waals surface area contributed by atoms with Crippen LogP contribution in [0.25, 0.3) is 0 Å². The van der Waals surface area contributed by atoms with E-state index in [9.17, 15) is 4.79 Å². The third kappa shape index (κ3) is 3.16. The van der Waals surface area contributed by atoms with Gasteiger partial charge in [0.15, 0.2) is 0 Å². The van der Waals surface area contributed by atoms with Gasteiger partial charge in [-0.05, 0) is 30.7 Å². The number of carbonyl (C=O) groups excluding carboxylic acids is 1. The average molecular weight is 274 g/mol. The lowest BCUT2D eigenvalue weighted by molar-refractivity contribution is 0.0947. The number of nitrogen functional groups attached to an aromatic ring is 1. The molecular weight excluding hydrogens is 256 g/mol. The van der Waals surface area contributed by atoms with Crippen LogP contribution in [-0.2, 0) is 13.0 Å². The van der Waals surface area contributed by atoms with Crippen LogP contribution in [0.3, 0.4) is 0 Å². The van der Waals surface area contributed by atoms with E-state index in [2.05, 4.69) is 15.7 Å². The molecule has 0 radical (unpaired) electrons. The molecule has 0 aliphatic heterocycles. The zero-order valence-corrected chi connectivity index (χ0v) is 11.6. The van der Waals surface area contributed by atoms with Gasteiger partial charge in [0.1, 0.15) is 5.76 Å². The molecule has 0 aliphatic carbocycles. The number of carbonyl (C=O) groups is 1. The molecular formula is C14H18N4O2. The summed E-state index contributed by atoms with van der Waals surface area (Å²) in [6.07, 6.45) is 2.46. The zero-order chi connectivity index (χ0) is 14.5. The normalized spacial score (nSPS) is 10.3. The number of nitrogens with zero attached hydrogens (tertiary/aromatic N) is 1. The van der Waals surface area contributed by atoms with E-state index in [0.717, 1.165) is 23.4 Å². The predicted octanol–water partition coefficient (Wildman–Crippen LogP) is 1.76. The van der Waals surface area contributed by atoms with Gasteiger partial charge < -0.3 is 15.2 Å². The molecule has 6 heteroatoms. The number of hydrogen-bond donors (Lipinski definition) is 3. The average Bonchev–Trinajstić information content (AvgIpc) is 2.92. The molecule has 0 spiro atoms. The molecule has 20 heavy (non-hydrogen) atoms. The summed E-state index contributed by atoms with van der Waals surface area (Å²) >= 11 is 0. The number of aromatic nitrogens is 1. The molecule has 0 aliphatic rings. The third-order valence-corrected chi connectivity index (χ3v) is 2.99. The monoisotopic (exact) mass is 274 g/mol. The van der Waals surface area contributed by atoms with Gasteiger partial charge in [-0.2, -0.15) is 0 Å². The van der Waals surface area contributed by atoms with Gasteiger partial charge in [-0.15, -0.1) is 0 Å². The molecule has 0 unspecified atom stereocenters. The first-order valence-corrected chi connectivity index (χ1v) is 6.43. The van der Waals surface area contributed by atoms with Crippen LogP contribution in [-0.4, -0.2) is 10.9 Å². The molecule has 106 valence electrons. The molecule has 1 heterocycles. The van der Waals surface area contributed by atoms with Crippen molar-refractivity contribution in [2.24, 2.45) is 5.84 Å². The number of aryl methyl sites for hydroxylation is 2. The Morgan fingerprint density at radius 2 is 2.25 bits per heavy atom. The Bertz CT molecular complexity index is 607. The number of amides is 1. The van der Waals surface area contributed by atoms with Crippen LogP contribution < -0.4 is 16.6 Å². The first kappa shape index (κ1) is 14.1. The van der Waals surface area contributed by atoms with Crippen LogP contribution in [0.15, 0.2) is 28.8 Å². The van der Waals surface area contributed by atoms with E-state index in [0.29, 0.717) is 11.5 Å². The van der Waals surface area contributed by atoms with Crippen molar-refractivity contribution < 1.29 is 9.21 Å². The van der Waals surface area contributed by atoms with Crippen molar-refractivity contribution in [1.82, 2.24) is 10.3 Å². The third-order valence-electron chi connectivity index (χ3n) is 2.99. The largest absolute Gasteiger partial charge is 0.444 e. The van der Waals surface area contributed by atoms with Crippen molar-refractivity contribution in [3.63, 3.8) is 0 Å². The molecule has 4 N–H and O–H groups in total. The van der Waals surface area contributed by atoms with E-state index in [1.807, 2.05) is 13.8 Å². The molecule has 1 aromatic carbocycles. The molecule has 2 rings (SSSR count). The lowest BCUT2D eigenvalue weighted by atomic mass is 10.1. The maximum atomic E-state index is 12.0. The Labute approximate surface area is 117 Å². The van der Waals surface area contributed by atoms with Crippen LogP contribution in [0.2, 0.25) is 0 Å². The highest BCUT2D eigenvalue weighted by molar-refractivity contribution is 5.94. The van der Waals surface area contributed by atoms with E-state index in [-0.39, 0.29) is 12.5 Å².